The summed E-state index contributed by atoms with van der Waals surface area (Å²) in [4.78, 5) is 0. The highest BCUT2D eigenvalue weighted by molar-refractivity contribution is 6.21. The van der Waals surface area contributed by atoms with Crippen molar-refractivity contribution in [3.8, 4) is 33.4 Å². The number of hydrogen-bond acceptors (Lipinski definition) is 0. The van der Waals surface area contributed by atoms with Crippen molar-refractivity contribution in [1.29, 1.82) is 0 Å². The lowest BCUT2D eigenvalue weighted by atomic mass is 9.86. The molecule has 0 spiro atoms. The van der Waals surface area contributed by atoms with Crippen LogP contribution in [-0.4, -0.2) is 0 Å². The van der Waals surface area contributed by atoms with Gasteiger partial charge < -0.3 is 0 Å². The Morgan fingerprint density at radius 2 is 0.395 bits per heavy atom. The monoisotopic (exact) mass is 484 g/mol. The van der Waals surface area contributed by atoms with E-state index >= 15 is 0 Å². The second-order valence-corrected chi connectivity index (χ2v) is 9.31. The molecule has 0 nitrogen and oxygen atoms in total. The van der Waals surface area contributed by atoms with Crippen molar-refractivity contribution >= 4 is 21.5 Å². The molecule has 0 saturated heterocycles. The van der Waals surface area contributed by atoms with Gasteiger partial charge in [0.2, 0.25) is 0 Å². The Hall–Kier alpha value is -4.94. The van der Waals surface area contributed by atoms with Crippen molar-refractivity contribution in [3.63, 3.8) is 0 Å². The minimum Gasteiger partial charge on any atom is -0.0622 e. The summed E-state index contributed by atoms with van der Waals surface area (Å²) in [6.07, 6.45) is 0. The van der Waals surface area contributed by atoms with Crippen LogP contribution in [-0.2, 0) is 0 Å². The standard InChI is InChI=1S/C26H18.C12H10/c1-3-11-19(12-4-1)25-21-15-7-9-17-23(21)26(20-13-5-2-6-14-20)24-18-10-8-16-22(24)25;1-3-7-11(8-4-1)12-9-5-2-6-10-12/h1-18H;1-10H. The lowest BCUT2D eigenvalue weighted by Crippen LogP contribution is -1.90. The summed E-state index contributed by atoms with van der Waals surface area (Å²) in [6.45, 7) is 0. The van der Waals surface area contributed by atoms with Crippen molar-refractivity contribution in [1.82, 2.24) is 0 Å². The molecule has 0 amide bonds. The summed E-state index contributed by atoms with van der Waals surface area (Å²) in [7, 11) is 0. The van der Waals surface area contributed by atoms with Crippen LogP contribution < -0.4 is 0 Å². The number of benzene rings is 7. The first-order chi connectivity index (χ1) is 18.9. The Bertz CT molecular complexity index is 1580. The average Bonchev–Trinajstić information content (AvgIpc) is 3.02. The van der Waals surface area contributed by atoms with E-state index in [-0.39, 0.29) is 0 Å². The molecule has 7 aromatic rings. The van der Waals surface area contributed by atoms with Gasteiger partial charge in [-0.05, 0) is 54.9 Å². The van der Waals surface area contributed by atoms with Gasteiger partial charge in [0, 0.05) is 0 Å². The van der Waals surface area contributed by atoms with Gasteiger partial charge in [-0.25, -0.2) is 0 Å². The molecule has 0 heteroatoms. The summed E-state index contributed by atoms with van der Waals surface area (Å²) in [6, 6.07) is 59.7. The van der Waals surface area contributed by atoms with Crippen molar-refractivity contribution in [3.05, 3.63) is 170 Å². The molecule has 0 saturated carbocycles. The van der Waals surface area contributed by atoms with E-state index in [2.05, 4.69) is 158 Å². The fourth-order valence-electron chi connectivity index (χ4n) is 5.22. The van der Waals surface area contributed by atoms with Gasteiger partial charge in [0.25, 0.3) is 0 Å². The molecule has 0 aliphatic rings. The number of rotatable bonds is 3. The molecule has 0 N–H and O–H groups in total. The van der Waals surface area contributed by atoms with Crippen LogP contribution >= 0.6 is 0 Å². The molecule has 0 atom stereocenters. The van der Waals surface area contributed by atoms with Gasteiger partial charge in [-0.3, -0.25) is 0 Å². The Labute approximate surface area is 224 Å². The molecule has 0 aliphatic carbocycles. The van der Waals surface area contributed by atoms with Gasteiger partial charge in [0.05, 0.1) is 0 Å². The molecule has 0 bridgehead atoms. The molecule has 38 heavy (non-hydrogen) atoms. The van der Waals surface area contributed by atoms with Gasteiger partial charge in [-0.15, -0.1) is 0 Å². The van der Waals surface area contributed by atoms with Crippen molar-refractivity contribution in [2.24, 2.45) is 0 Å². The van der Waals surface area contributed by atoms with Gasteiger partial charge in [-0.1, -0.05) is 170 Å². The zero-order valence-corrected chi connectivity index (χ0v) is 21.2. The molecule has 0 unspecified atom stereocenters. The first kappa shape index (κ1) is 23.5. The molecule has 180 valence electrons. The first-order valence-electron chi connectivity index (χ1n) is 13.0. The molecule has 0 heterocycles. The molecular formula is C38H28. The number of hydrogen-bond donors (Lipinski definition) is 0. The van der Waals surface area contributed by atoms with E-state index < -0.39 is 0 Å². The quantitative estimate of drug-likeness (QED) is 0.219. The Morgan fingerprint density at radius 3 is 0.658 bits per heavy atom. The van der Waals surface area contributed by atoms with Gasteiger partial charge >= 0.3 is 0 Å². The predicted octanol–water partition coefficient (Wildman–Crippen LogP) is 10.7. The van der Waals surface area contributed by atoms with Crippen molar-refractivity contribution < 1.29 is 0 Å². The Morgan fingerprint density at radius 1 is 0.184 bits per heavy atom. The highest BCUT2D eigenvalue weighted by Crippen LogP contribution is 2.43. The highest BCUT2D eigenvalue weighted by Gasteiger charge is 2.15. The lowest BCUT2D eigenvalue weighted by molar-refractivity contribution is 1.62. The smallest absolute Gasteiger partial charge is 0.00264 e. The van der Waals surface area contributed by atoms with E-state index in [0.717, 1.165) is 0 Å². The summed E-state index contributed by atoms with van der Waals surface area (Å²) in [5.41, 5.74) is 7.71. The average molecular weight is 485 g/mol. The first-order valence-corrected chi connectivity index (χ1v) is 13.0. The minimum absolute atomic E-state index is 1.26. The molecule has 0 aliphatic heterocycles. The maximum atomic E-state index is 2.25. The van der Waals surface area contributed by atoms with Crippen LogP contribution in [0.5, 0.6) is 0 Å². The van der Waals surface area contributed by atoms with Gasteiger partial charge in [0.15, 0.2) is 0 Å². The maximum Gasteiger partial charge on any atom is -0.00264 e. The summed E-state index contributed by atoms with van der Waals surface area (Å²) in [5.74, 6) is 0. The van der Waals surface area contributed by atoms with Crippen LogP contribution in [0, 0.1) is 0 Å². The van der Waals surface area contributed by atoms with Crippen LogP contribution in [0.1, 0.15) is 0 Å². The maximum absolute atomic E-state index is 2.25. The van der Waals surface area contributed by atoms with Crippen LogP contribution in [0.2, 0.25) is 0 Å². The molecule has 7 rings (SSSR count). The topological polar surface area (TPSA) is 0 Å². The predicted molar refractivity (Wildman–Crippen MR) is 164 cm³/mol. The third-order valence-electron chi connectivity index (χ3n) is 6.94. The molecule has 7 aromatic carbocycles. The zero-order valence-electron chi connectivity index (χ0n) is 21.2. The van der Waals surface area contributed by atoms with Crippen molar-refractivity contribution in [2.45, 2.75) is 0 Å². The second kappa shape index (κ2) is 11.0. The van der Waals surface area contributed by atoms with E-state index in [0.29, 0.717) is 0 Å². The Kier molecular flexibility index (Phi) is 6.78. The third-order valence-corrected chi connectivity index (χ3v) is 6.94. The fourth-order valence-corrected chi connectivity index (χ4v) is 5.22. The Balaban J connectivity index is 0.000000184. The lowest BCUT2D eigenvalue weighted by Gasteiger charge is -2.17. The number of fused-ring (bicyclic) bond motifs is 2. The van der Waals surface area contributed by atoms with Crippen LogP contribution in [0.4, 0.5) is 0 Å². The third kappa shape index (κ3) is 4.73. The fraction of sp³-hybridized carbons (Fsp3) is 0. The van der Waals surface area contributed by atoms with E-state index in [4.69, 9.17) is 0 Å². The highest BCUT2D eigenvalue weighted by atomic mass is 14.2. The summed E-state index contributed by atoms with van der Waals surface area (Å²) in [5, 5.41) is 5.21. The van der Waals surface area contributed by atoms with Crippen LogP contribution in [0.15, 0.2) is 170 Å². The zero-order chi connectivity index (χ0) is 25.6. The molecule has 0 fully saturated rings. The molecular weight excluding hydrogens is 456 g/mol. The minimum atomic E-state index is 1.26. The van der Waals surface area contributed by atoms with Crippen LogP contribution in [0.25, 0.3) is 54.9 Å². The summed E-state index contributed by atoms with van der Waals surface area (Å²) < 4.78 is 0. The van der Waals surface area contributed by atoms with Gasteiger partial charge in [-0.2, -0.15) is 0 Å². The largest absolute Gasteiger partial charge is 0.0622 e. The second-order valence-electron chi connectivity index (χ2n) is 9.31. The van der Waals surface area contributed by atoms with Gasteiger partial charge in [0.1, 0.15) is 0 Å². The van der Waals surface area contributed by atoms with E-state index in [9.17, 15) is 0 Å². The van der Waals surface area contributed by atoms with E-state index in [1.807, 2.05) is 12.1 Å². The van der Waals surface area contributed by atoms with Crippen molar-refractivity contribution in [2.75, 3.05) is 0 Å². The van der Waals surface area contributed by atoms with E-state index in [1.54, 1.807) is 0 Å². The molecule has 0 radical (unpaired) electrons. The normalized spacial score (nSPS) is 10.6. The van der Waals surface area contributed by atoms with Crippen LogP contribution in [0.3, 0.4) is 0 Å². The SMILES string of the molecule is c1ccc(-c2c3ccccc3c(-c3ccccc3)c3ccccc23)cc1.c1ccc(-c2ccccc2)cc1. The molecule has 0 aromatic heterocycles. The summed E-state index contributed by atoms with van der Waals surface area (Å²) >= 11 is 0. The van der Waals surface area contributed by atoms with E-state index in [1.165, 1.54) is 54.9 Å².